The molecule has 0 fully saturated rings. The van der Waals surface area contributed by atoms with Crippen LogP contribution in [-0.2, 0) is 17.6 Å². The van der Waals surface area contributed by atoms with Gasteiger partial charge in [0.15, 0.2) is 0 Å². The number of anilines is 1. The molecular weight excluding hydrogens is 238 g/mol. The van der Waals surface area contributed by atoms with Gasteiger partial charge in [0.1, 0.15) is 0 Å². The van der Waals surface area contributed by atoms with Gasteiger partial charge in [0.2, 0.25) is 0 Å². The van der Waals surface area contributed by atoms with Gasteiger partial charge in [-0.25, -0.2) is 4.79 Å². The minimum absolute atomic E-state index is 0.842. The van der Waals surface area contributed by atoms with Crippen molar-refractivity contribution in [1.29, 1.82) is 0 Å². The molecule has 3 heteroatoms. The van der Waals surface area contributed by atoms with Crippen LogP contribution >= 0.6 is 0 Å². The van der Waals surface area contributed by atoms with Crippen LogP contribution in [0.4, 0.5) is 5.69 Å². The average molecular weight is 257 g/mol. The van der Waals surface area contributed by atoms with Gasteiger partial charge < -0.3 is 10.0 Å². The van der Waals surface area contributed by atoms with Gasteiger partial charge in [-0.05, 0) is 67.0 Å². The topological polar surface area (TPSA) is 40.5 Å². The molecule has 1 N–H and O–H groups in total. The Bertz CT molecular complexity index is 529. The highest BCUT2D eigenvalue weighted by Crippen LogP contribution is 2.37. The highest BCUT2D eigenvalue weighted by molar-refractivity contribution is 5.90. The second kappa shape index (κ2) is 4.72. The highest BCUT2D eigenvalue weighted by Gasteiger charge is 2.24. The van der Waals surface area contributed by atoms with Crippen molar-refractivity contribution < 1.29 is 9.90 Å². The molecule has 0 saturated heterocycles. The molecule has 0 unspecified atom stereocenters. The first-order valence-corrected chi connectivity index (χ1v) is 6.97. The van der Waals surface area contributed by atoms with Crippen LogP contribution in [0, 0.1) is 0 Å². The first kappa shape index (κ1) is 12.3. The maximum atomic E-state index is 10.8. The number of hydrogen-bond donors (Lipinski definition) is 1. The van der Waals surface area contributed by atoms with Crippen molar-refractivity contribution in [2.75, 3.05) is 18.0 Å². The fourth-order valence-corrected chi connectivity index (χ4v) is 3.30. The van der Waals surface area contributed by atoms with E-state index in [1.807, 2.05) is 6.92 Å². The van der Waals surface area contributed by atoms with Gasteiger partial charge in [-0.1, -0.05) is 0 Å². The number of allylic oxidation sites excluding steroid dienone is 1. The van der Waals surface area contributed by atoms with Crippen molar-refractivity contribution in [2.24, 2.45) is 0 Å². The second-order valence-electron chi connectivity index (χ2n) is 5.50. The maximum Gasteiger partial charge on any atom is 0.328 e. The van der Waals surface area contributed by atoms with Gasteiger partial charge in [0, 0.05) is 24.9 Å². The standard InChI is InChI=1S/C16H19NO2/c1-11(8-15(18)19)14-9-12-4-2-6-17-7-3-5-13(10-14)16(12)17/h8-10H,2-7H2,1H3,(H,18,19)/b11-8+. The van der Waals surface area contributed by atoms with Crippen LogP contribution in [0.2, 0.25) is 0 Å². The normalized spacial score (nSPS) is 18.2. The molecule has 2 aliphatic rings. The van der Waals surface area contributed by atoms with Crippen LogP contribution in [0.3, 0.4) is 0 Å². The third kappa shape index (κ3) is 2.25. The summed E-state index contributed by atoms with van der Waals surface area (Å²) in [5.74, 6) is -0.870. The summed E-state index contributed by atoms with van der Waals surface area (Å²) in [6.45, 7) is 4.22. The summed E-state index contributed by atoms with van der Waals surface area (Å²) in [6, 6.07) is 4.37. The van der Waals surface area contributed by atoms with Crippen molar-refractivity contribution in [1.82, 2.24) is 0 Å². The number of carboxylic acids is 1. The smallest absolute Gasteiger partial charge is 0.328 e. The van der Waals surface area contributed by atoms with Crippen molar-refractivity contribution in [2.45, 2.75) is 32.6 Å². The van der Waals surface area contributed by atoms with E-state index < -0.39 is 5.97 Å². The molecule has 3 rings (SSSR count). The van der Waals surface area contributed by atoms with E-state index in [9.17, 15) is 4.79 Å². The van der Waals surface area contributed by atoms with Gasteiger partial charge >= 0.3 is 5.97 Å². The summed E-state index contributed by atoms with van der Waals surface area (Å²) in [4.78, 5) is 13.3. The molecule has 1 aromatic carbocycles. The number of carboxylic acid groups (broad SMARTS) is 1. The Morgan fingerprint density at radius 1 is 1.21 bits per heavy atom. The lowest BCUT2D eigenvalue weighted by molar-refractivity contribution is -0.131. The SMILES string of the molecule is C/C(=C\C(=O)O)c1cc2c3c(c1)CCCN3CCC2. The van der Waals surface area contributed by atoms with E-state index in [0.29, 0.717) is 0 Å². The number of benzene rings is 1. The lowest BCUT2D eigenvalue weighted by atomic mass is 9.88. The van der Waals surface area contributed by atoms with E-state index >= 15 is 0 Å². The van der Waals surface area contributed by atoms with E-state index in [-0.39, 0.29) is 0 Å². The van der Waals surface area contributed by atoms with E-state index in [0.717, 1.165) is 24.0 Å². The van der Waals surface area contributed by atoms with Gasteiger partial charge in [-0.2, -0.15) is 0 Å². The largest absolute Gasteiger partial charge is 0.478 e. The summed E-state index contributed by atoms with van der Waals surface area (Å²) in [5.41, 5.74) is 6.15. The lowest BCUT2D eigenvalue weighted by Gasteiger charge is -2.37. The van der Waals surface area contributed by atoms with E-state index in [2.05, 4.69) is 17.0 Å². The van der Waals surface area contributed by atoms with Gasteiger partial charge in [-0.15, -0.1) is 0 Å². The molecule has 3 nitrogen and oxygen atoms in total. The Kier molecular flexibility index (Phi) is 3.05. The summed E-state index contributed by atoms with van der Waals surface area (Å²) < 4.78 is 0. The second-order valence-corrected chi connectivity index (χ2v) is 5.50. The van der Waals surface area contributed by atoms with E-state index in [4.69, 9.17) is 5.11 Å². The minimum atomic E-state index is -0.870. The molecule has 2 aliphatic heterocycles. The molecule has 0 radical (unpaired) electrons. The molecule has 0 bridgehead atoms. The molecule has 2 heterocycles. The van der Waals surface area contributed by atoms with Crippen molar-refractivity contribution >= 4 is 17.2 Å². The van der Waals surface area contributed by atoms with Gasteiger partial charge in [0.25, 0.3) is 0 Å². The number of rotatable bonds is 2. The predicted octanol–water partition coefficient (Wildman–Crippen LogP) is 2.87. The van der Waals surface area contributed by atoms with Crippen LogP contribution in [-0.4, -0.2) is 24.2 Å². The Balaban J connectivity index is 2.08. The van der Waals surface area contributed by atoms with E-state index in [1.165, 1.54) is 48.8 Å². The first-order chi connectivity index (χ1) is 9.15. The molecule has 0 saturated carbocycles. The summed E-state index contributed by atoms with van der Waals surface area (Å²) >= 11 is 0. The van der Waals surface area contributed by atoms with Crippen molar-refractivity contribution in [3.05, 3.63) is 34.9 Å². The van der Waals surface area contributed by atoms with E-state index in [1.54, 1.807) is 0 Å². The highest BCUT2D eigenvalue weighted by atomic mass is 16.4. The van der Waals surface area contributed by atoms with Crippen LogP contribution in [0.5, 0.6) is 0 Å². The van der Waals surface area contributed by atoms with Crippen LogP contribution in [0.1, 0.15) is 36.5 Å². The third-order valence-corrected chi connectivity index (χ3v) is 4.13. The maximum absolute atomic E-state index is 10.8. The fraction of sp³-hybridized carbons (Fsp3) is 0.438. The van der Waals surface area contributed by atoms with Gasteiger partial charge in [0.05, 0.1) is 0 Å². The number of nitrogens with zero attached hydrogens (tertiary/aromatic N) is 1. The molecule has 19 heavy (non-hydrogen) atoms. The molecule has 0 amide bonds. The molecular formula is C16H19NO2. The quantitative estimate of drug-likeness (QED) is 0.828. The van der Waals surface area contributed by atoms with Crippen molar-refractivity contribution in [3.8, 4) is 0 Å². The average Bonchev–Trinajstić information content (AvgIpc) is 2.38. The Morgan fingerprint density at radius 3 is 2.32 bits per heavy atom. The number of hydrogen-bond acceptors (Lipinski definition) is 2. The van der Waals surface area contributed by atoms with Crippen molar-refractivity contribution in [3.63, 3.8) is 0 Å². The zero-order valence-electron chi connectivity index (χ0n) is 11.3. The fourth-order valence-electron chi connectivity index (χ4n) is 3.30. The molecule has 100 valence electrons. The summed E-state index contributed by atoms with van der Waals surface area (Å²) in [5, 5.41) is 8.88. The number of aryl methyl sites for hydroxylation is 2. The Morgan fingerprint density at radius 2 is 1.79 bits per heavy atom. The number of aliphatic carboxylic acids is 1. The zero-order valence-corrected chi connectivity index (χ0v) is 11.3. The Hall–Kier alpha value is -1.77. The predicted molar refractivity (Wildman–Crippen MR) is 76.6 cm³/mol. The van der Waals surface area contributed by atoms with Crippen LogP contribution in [0.25, 0.3) is 5.57 Å². The third-order valence-electron chi connectivity index (χ3n) is 4.13. The minimum Gasteiger partial charge on any atom is -0.478 e. The molecule has 0 aliphatic carbocycles. The molecule has 1 aromatic rings. The van der Waals surface area contributed by atoms with Gasteiger partial charge in [-0.3, -0.25) is 0 Å². The molecule has 0 atom stereocenters. The van der Waals surface area contributed by atoms with Crippen LogP contribution in [0.15, 0.2) is 18.2 Å². The summed E-state index contributed by atoms with van der Waals surface area (Å²) in [7, 11) is 0. The first-order valence-electron chi connectivity index (χ1n) is 6.97. The lowest BCUT2D eigenvalue weighted by Crippen LogP contribution is -2.34. The van der Waals surface area contributed by atoms with Crippen LogP contribution < -0.4 is 4.90 Å². The monoisotopic (exact) mass is 257 g/mol. The molecule has 0 aromatic heterocycles. The summed E-state index contributed by atoms with van der Waals surface area (Å²) in [6.07, 6.45) is 5.95. The Labute approximate surface area is 113 Å². The number of carbonyl (C=O) groups is 1. The zero-order chi connectivity index (χ0) is 13.4. The molecule has 0 spiro atoms.